The number of unbranched alkanes of at least 4 members (excludes halogenated alkanes) is 2. The summed E-state index contributed by atoms with van der Waals surface area (Å²) in [6.45, 7) is 13.2. The third-order valence-electron chi connectivity index (χ3n) is 7.44. The molecular formula is C30H48Cl2N2O3. The average molecular weight is 556 g/mol. The Morgan fingerprint density at radius 3 is 1.89 bits per heavy atom. The number of carboxylic acid groups (broad SMARTS) is 1. The van der Waals surface area contributed by atoms with Gasteiger partial charge in [-0.3, -0.25) is 0 Å². The molecule has 1 aliphatic heterocycles. The zero-order valence-corrected chi connectivity index (χ0v) is 24.9. The number of carboxylic acids is 1. The Hall–Kier alpha value is -1.63. The van der Waals surface area contributed by atoms with Gasteiger partial charge in [0.25, 0.3) is 0 Å². The summed E-state index contributed by atoms with van der Waals surface area (Å²) in [6.07, 6.45) is 5.70. The first kappa shape index (κ1) is 35.4. The van der Waals surface area contributed by atoms with Crippen LogP contribution in [-0.2, 0) is 5.60 Å². The number of aromatic carboxylic acids is 1. The van der Waals surface area contributed by atoms with Crippen molar-refractivity contribution in [3.05, 3.63) is 71.8 Å². The summed E-state index contributed by atoms with van der Waals surface area (Å²) in [4.78, 5) is 15.2. The van der Waals surface area contributed by atoms with Crippen LogP contribution in [0.4, 0.5) is 0 Å². The van der Waals surface area contributed by atoms with Crippen LogP contribution >= 0.6 is 24.8 Å². The summed E-state index contributed by atoms with van der Waals surface area (Å²) >= 11 is 0. The Morgan fingerprint density at radius 2 is 1.46 bits per heavy atom. The van der Waals surface area contributed by atoms with E-state index in [4.69, 9.17) is 5.11 Å². The molecule has 1 saturated heterocycles. The van der Waals surface area contributed by atoms with Crippen molar-refractivity contribution >= 4 is 30.8 Å². The summed E-state index contributed by atoms with van der Waals surface area (Å²) in [6, 6.07) is 19.1. The molecule has 1 heterocycles. The van der Waals surface area contributed by atoms with Crippen LogP contribution < -0.4 is 0 Å². The highest BCUT2D eigenvalue weighted by molar-refractivity contribution is 5.87. The third kappa shape index (κ3) is 9.88. The average Bonchev–Trinajstić information content (AvgIpc) is 2.86. The lowest BCUT2D eigenvalue weighted by Crippen LogP contribution is -2.62. The number of carbonyl (C=O) groups is 1. The first-order valence-electron chi connectivity index (χ1n) is 13.2. The molecule has 3 atom stereocenters. The van der Waals surface area contributed by atoms with Crippen LogP contribution in [0.3, 0.4) is 0 Å². The van der Waals surface area contributed by atoms with Crippen molar-refractivity contribution in [2.45, 2.75) is 71.4 Å². The van der Waals surface area contributed by atoms with Crippen LogP contribution in [0.25, 0.3) is 0 Å². The van der Waals surface area contributed by atoms with E-state index in [1.165, 1.54) is 25.7 Å². The van der Waals surface area contributed by atoms with E-state index in [-0.39, 0.29) is 30.2 Å². The van der Waals surface area contributed by atoms with Gasteiger partial charge in [0.15, 0.2) is 0 Å². The molecule has 2 aromatic rings. The van der Waals surface area contributed by atoms with Crippen molar-refractivity contribution in [3.63, 3.8) is 0 Å². The van der Waals surface area contributed by atoms with Crippen molar-refractivity contribution < 1.29 is 15.0 Å². The maximum atomic E-state index is 12.0. The molecule has 5 nitrogen and oxygen atoms in total. The topological polar surface area (TPSA) is 64.0 Å². The Kier molecular flexibility index (Phi) is 16.3. The molecule has 7 heteroatoms. The van der Waals surface area contributed by atoms with E-state index in [0.717, 1.165) is 38.2 Å². The largest absolute Gasteiger partial charge is 0.478 e. The second-order valence-corrected chi connectivity index (χ2v) is 10.4. The summed E-state index contributed by atoms with van der Waals surface area (Å²) in [5.74, 6) is -0.879. The highest BCUT2D eigenvalue weighted by Crippen LogP contribution is 2.48. The summed E-state index contributed by atoms with van der Waals surface area (Å²) in [7, 11) is 2.20. The van der Waals surface area contributed by atoms with Gasteiger partial charge in [0.1, 0.15) is 0 Å². The molecule has 1 aliphatic rings. The van der Waals surface area contributed by atoms with Gasteiger partial charge >= 0.3 is 5.97 Å². The number of nitrogens with zero attached hydrogens (tertiary/aromatic N) is 2. The molecule has 1 fully saturated rings. The van der Waals surface area contributed by atoms with E-state index >= 15 is 0 Å². The Morgan fingerprint density at radius 1 is 0.973 bits per heavy atom. The number of likely N-dealkylation sites (tertiary alicyclic amines) is 1. The van der Waals surface area contributed by atoms with Crippen LogP contribution in [0.1, 0.15) is 75.7 Å². The maximum Gasteiger partial charge on any atom is 0.335 e. The monoisotopic (exact) mass is 554 g/mol. The normalized spacial score (nSPS) is 23.3. The van der Waals surface area contributed by atoms with Crippen molar-refractivity contribution in [1.29, 1.82) is 0 Å². The molecule has 0 radical (unpaired) electrons. The van der Waals surface area contributed by atoms with E-state index < -0.39 is 11.6 Å². The molecule has 2 aromatic carbocycles. The second-order valence-electron chi connectivity index (χ2n) is 10.4. The van der Waals surface area contributed by atoms with Gasteiger partial charge in [0.05, 0.1) is 11.2 Å². The SMILES string of the molecule is CCCCN(CCCC)CC1(C)CN(C)C(C)CC1(O)c1ccccc1.Cl.Cl.O=C(O)c1ccccc1. The number of aliphatic hydroxyl groups is 1. The highest BCUT2D eigenvalue weighted by Gasteiger charge is 2.53. The Labute approximate surface area is 237 Å². The first-order valence-corrected chi connectivity index (χ1v) is 13.2. The Bertz CT molecular complexity index is 879. The first-order chi connectivity index (χ1) is 16.7. The minimum atomic E-state index is -0.879. The van der Waals surface area contributed by atoms with Crippen LogP contribution in [-0.4, -0.2) is 65.3 Å². The summed E-state index contributed by atoms with van der Waals surface area (Å²) in [5, 5.41) is 20.4. The predicted octanol–water partition coefficient (Wildman–Crippen LogP) is 6.74. The van der Waals surface area contributed by atoms with E-state index in [2.05, 4.69) is 68.8 Å². The van der Waals surface area contributed by atoms with Crippen LogP contribution in [0.5, 0.6) is 0 Å². The van der Waals surface area contributed by atoms with Gasteiger partial charge in [-0.05, 0) is 64.0 Å². The van der Waals surface area contributed by atoms with Crippen LogP contribution in [0.15, 0.2) is 60.7 Å². The second kappa shape index (κ2) is 17.1. The van der Waals surface area contributed by atoms with Gasteiger partial charge < -0.3 is 20.0 Å². The fourth-order valence-corrected chi connectivity index (χ4v) is 5.14. The lowest BCUT2D eigenvalue weighted by molar-refractivity contribution is -0.154. The summed E-state index contributed by atoms with van der Waals surface area (Å²) < 4.78 is 0. The molecule has 210 valence electrons. The standard InChI is InChI=1S/C23H40N2O.C7H6O2.2ClH/c1-6-8-15-25(16-9-7-2)19-22(4)18-24(5)20(3)17-23(22,26)21-13-11-10-12-14-21;8-7(9)6-4-2-1-3-5-6;;/h10-14,20,26H,6-9,15-19H2,1-5H3;1-5H,(H,8,9);2*1H. The molecule has 2 N–H and O–H groups in total. The molecule has 0 saturated carbocycles. The number of halogens is 2. The molecular weight excluding hydrogens is 507 g/mol. The van der Waals surface area contributed by atoms with E-state index in [9.17, 15) is 9.90 Å². The number of piperidine rings is 1. The number of hydrogen-bond donors (Lipinski definition) is 2. The molecule has 0 aliphatic carbocycles. The van der Waals surface area contributed by atoms with Gasteiger partial charge in [0, 0.05) is 24.5 Å². The number of hydrogen-bond acceptors (Lipinski definition) is 4. The third-order valence-corrected chi connectivity index (χ3v) is 7.44. The lowest BCUT2D eigenvalue weighted by atomic mass is 9.63. The van der Waals surface area contributed by atoms with Gasteiger partial charge in [-0.15, -0.1) is 24.8 Å². The van der Waals surface area contributed by atoms with E-state index in [1.807, 2.05) is 6.07 Å². The van der Waals surface area contributed by atoms with Gasteiger partial charge in [0.2, 0.25) is 0 Å². The zero-order valence-electron chi connectivity index (χ0n) is 23.2. The predicted molar refractivity (Wildman–Crippen MR) is 159 cm³/mol. The Balaban J connectivity index is 0.000000999. The van der Waals surface area contributed by atoms with Crippen LogP contribution in [0.2, 0.25) is 0 Å². The fourth-order valence-electron chi connectivity index (χ4n) is 5.14. The number of rotatable bonds is 10. The molecule has 3 rings (SSSR count). The molecule has 3 unspecified atom stereocenters. The molecule has 0 spiro atoms. The van der Waals surface area contributed by atoms with Crippen molar-refractivity contribution in [2.75, 3.05) is 33.2 Å². The molecule has 37 heavy (non-hydrogen) atoms. The maximum absolute atomic E-state index is 12.0. The van der Waals surface area contributed by atoms with Crippen molar-refractivity contribution in [1.82, 2.24) is 9.80 Å². The van der Waals surface area contributed by atoms with E-state index in [1.54, 1.807) is 30.3 Å². The van der Waals surface area contributed by atoms with Gasteiger partial charge in [-0.25, -0.2) is 4.79 Å². The fraction of sp³-hybridized carbons (Fsp3) is 0.567. The molecule has 0 bridgehead atoms. The molecule has 0 amide bonds. The summed E-state index contributed by atoms with van der Waals surface area (Å²) in [5.41, 5.74) is 0.444. The molecule has 0 aromatic heterocycles. The quantitative estimate of drug-likeness (QED) is 0.340. The van der Waals surface area contributed by atoms with Gasteiger partial charge in [-0.1, -0.05) is 82.1 Å². The van der Waals surface area contributed by atoms with Crippen LogP contribution in [0, 0.1) is 5.41 Å². The van der Waals surface area contributed by atoms with Crippen molar-refractivity contribution in [3.8, 4) is 0 Å². The minimum Gasteiger partial charge on any atom is -0.478 e. The number of benzene rings is 2. The van der Waals surface area contributed by atoms with Crippen molar-refractivity contribution in [2.24, 2.45) is 5.41 Å². The lowest BCUT2D eigenvalue weighted by Gasteiger charge is -2.55. The smallest absolute Gasteiger partial charge is 0.335 e. The zero-order chi connectivity index (χ0) is 25.9. The minimum absolute atomic E-state index is 0. The van der Waals surface area contributed by atoms with Gasteiger partial charge in [-0.2, -0.15) is 0 Å². The van der Waals surface area contributed by atoms with E-state index in [0.29, 0.717) is 11.6 Å². The highest BCUT2D eigenvalue weighted by atomic mass is 35.5.